The fraction of sp³-hybridized carbons (Fsp3) is 0.333. The van der Waals surface area contributed by atoms with Gasteiger partial charge >= 0.3 is 0 Å². The van der Waals surface area contributed by atoms with E-state index in [1.165, 1.54) is 28.6 Å². The van der Waals surface area contributed by atoms with Crippen LogP contribution in [0.3, 0.4) is 0 Å². The number of hydrazone groups is 1. The quantitative estimate of drug-likeness (QED) is 0.677. The van der Waals surface area contributed by atoms with Gasteiger partial charge in [0.05, 0.1) is 10.6 Å². The van der Waals surface area contributed by atoms with Crippen LogP contribution in [0, 0.1) is 0 Å². The van der Waals surface area contributed by atoms with Crippen molar-refractivity contribution in [2.45, 2.75) is 17.7 Å². The highest BCUT2D eigenvalue weighted by Gasteiger charge is 2.28. The van der Waals surface area contributed by atoms with Gasteiger partial charge in [-0.05, 0) is 55.8 Å². The van der Waals surface area contributed by atoms with E-state index in [9.17, 15) is 18.3 Å². The largest absolute Gasteiger partial charge is 0.507 e. The first kappa shape index (κ1) is 21.8. The first-order chi connectivity index (χ1) is 14.8. The van der Waals surface area contributed by atoms with Gasteiger partial charge in [0.1, 0.15) is 5.75 Å². The molecule has 0 unspecified atom stereocenters. The lowest BCUT2D eigenvalue weighted by molar-refractivity contribution is 0.0954. The van der Waals surface area contributed by atoms with E-state index in [4.69, 9.17) is 11.6 Å². The third-order valence-electron chi connectivity index (χ3n) is 5.62. The summed E-state index contributed by atoms with van der Waals surface area (Å²) in [5.41, 5.74) is 4.53. The molecule has 1 aliphatic carbocycles. The van der Waals surface area contributed by atoms with Crippen LogP contribution in [-0.4, -0.2) is 67.6 Å². The SMILES string of the molecule is CN1CCN(S(=O)(=O)c2cccc(C(=O)N/N=C3/CCc4c(Cl)ccc(O)c43)c2)CC1. The summed E-state index contributed by atoms with van der Waals surface area (Å²) in [5, 5.41) is 14.9. The average molecular weight is 463 g/mol. The molecule has 1 aliphatic heterocycles. The molecule has 10 heteroatoms. The number of piperazine rings is 1. The van der Waals surface area contributed by atoms with Gasteiger partial charge in [-0.25, -0.2) is 13.8 Å². The zero-order valence-electron chi connectivity index (χ0n) is 17.0. The molecule has 164 valence electrons. The number of benzene rings is 2. The van der Waals surface area contributed by atoms with E-state index in [2.05, 4.69) is 15.4 Å². The van der Waals surface area contributed by atoms with E-state index in [0.717, 1.165) is 5.56 Å². The molecule has 2 aromatic rings. The van der Waals surface area contributed by atoms with Crippen LogP contribution in [-0.2, 0) is 16.4 Å². The summed E-state index contributed by atoms with van der Waals surface area (Å²) in [6.07, 6.45) is 1.15. The molecule has 4 rings (SSSR count). The van der Waals surface area contributed by atoms with Gasteiger partial charge in [-0.15, -0.1) is 0 Å². The molecule has 0 aromatic heterocycles. The maximum Gasteiger partial charge on any atom is 0.271 e. The third-order valence-corrected chi connectivity index (χ3v) is 7.87. The Morgan fingerprint density at radius 3 is 2.61 bits per heavy atom. The van der Waals surface area contributed by atoms with Gasteiger partial charge in [0, 0.05) is 42.3 Å². The van der Waals surface area contributed by atoms with Crippen molar-refractivity contribution in [2.24, 2.45) is 5.10 Å². The van der Waals surface area contributed by atoms with Gasteiger partial charge in [0.25, 0.3) is 5.91 Å². The molecule has 8 nitrogen and oxygen atoms in total. The third kappa shape index (κ3) is 4.31. The zero-order chi connectivity index (χ0) is 22.2. The number of hydrogen-bond acceptors (Lipinski definition) is 6. The molecule has 0 spiro atoms. The van der Waals surface area contributed by atoms with Gasteiger partial charge in [0.15, 0.2) is 0 Å². The number of nitrogens with zero attached hydrogens (tertiary/aromatic N) is 3. The second kappa shape index (κ2) is 8.58. The number of halogens is 1. The van der Waals surface area contributed by atoms with E-state index in [-0.39, 0.29) is 16.2 Å². The van der Waals surface area contributed by atoms with Crippen LogP contribution in [0.25, 0.3) is 0 Å². The van der Waals surface area contributed by atoms with Crippen molar-refractivity contribution in [3.63, 3.8) is 0 Å². The minimum absolute atomic E-state index is 0.0603. The van der Waals surface area contributed by atoms with Crippen molar-refractivity contribution in [3.05, 3.63) is 58.1 Å². The second-order valence-corrected chi connectivity index (χ2v) is 10.00. The van der Waals surface area contributed by atoms with Crippen molar-refractivity contribution < 1.29 is 18.3 Å². The Kier molecular flexibility index (Phi) is 6.02. The number of phenolic OH excluding ortho intramolecular Hbond substituents is 1. The number of fused-ring (bicyclic) bond motifs is 1. The molecule has 2 aliphatic rings. The first-order valence-electron chi connectivity index (χ1n) is 9.94. The number of nitrogens with one attached hydrogen (secondary N) is 1. The van der Waals surface area contributed by atoms with Gasteiger partial charge in [-0.1, -0.05) is 17.7 Å². The number of aromatic hydroxyl groups is 1. The molecular weight excluding hydrogens is 440 g/mol. The minimum atomic E-state index is -3.68. The Hall–Kier alpha value is -2.46. The monoisotopic (exact) mass is 462 g/mol. The van der Waals surface area contributed by atoms with Crippen LogP contribution in [0.4, 0.5) is 0 Å². The summed E-state index contributed by atoms with van der Waals surface area (Å²) >= 11 is 6.18. The molecule has 0 radical (unpaired) electrons. The van der Waals surface area contributed by atoms with Crippen LogP contribution in [0.5, 0.6) is 5.75 Å². The topological polar surface area (TPSA) is 102 Å². The average Bonchev–Trinajstić information content (AvgIpc) is 3.20. The van der Waals surface area contributed by atoms with Gasteiger partial charge in [-0.2, -0.15) is 9.41 Å². The second-order valence-electron chi connectivity index (χ2n) is 7.65. The Labute approximate surface area is 186 Å². The summed E-state index contributed by atoms with van der Waals surface area (Å²) in [4.78, 5) is 14.8. The van der Waals surface area contributed by atoms with Crippen LogP contribution in [0.2, 0.25) is 5.02 Å². The Morgan fingerprint density at radius 2 is 1.87 bits per heavy atom. The van der Waals surface area contributed by atoms with Crippen LogP contribution in [0.1, 0.15) is 27.9 Å². The highest BCUT2D eigenvalue weighted by molar-refractivity contribution is 7.89. The number of carbonyl (C=O) groups is 1. The van der Waals surface area contributed by atoms with Crippen molar-refractivity contribution in [2.75, 3.05) is 33.2 Å². The predicted octanol–water partition coefficient (Wildman–Crippen LogP) is 2.06. The Bertz CT molecular complexity index is 1160. The molecule has 1 saturated heterocycles. The number of likely N-dealkylation sites (N-methyl/N-ethyl adjacent to an activating group) is 1. The Morgan fingerprint density at radius 1 is 1.13 bits per heavy atom. The highest BCUT2D eigenvalue weighted by Crippen LogP contribution is 2.35. The molecule has 1 heterocycles. The fourth-order valence-corrected chi connectivity index (χ4v) is 5.54. The van der Waals surface area contributed by atoms with Gasteiger partial charge in [-0.3, -0.25) is 4.79 Å². The molecule has 1 fully saturated rings. The van der Waals surface area contributed by atoms with E-state index in [0.29, 0.717) is 55.3 Å². The lowest BCUT2D eigenvalue weighted by atomic mass is 10.1. The molecule has 1 amide bonds. The van der Waals surface area contributed by atoms with Crippen LogP contribution >= 0.6 is 11.6 Å². The van der Waals surface area contributed by atoms with Crippen LogP contribution in [0.15, 0.2) is 46.4 Å². The summed E-state index contributed by atoms with van der Waals surface area (Å²) < 4.78 is 27.3. The standard InChI is InChI=1S/C21H23ClN4O4S/c1-25-9-11-26(12-10-25)31(29,30)15-4-2-3-14(13-15)21(28)24-23-18-7-5-16-17(22)6-8-19(27)20(16)18/h2-4,6,8,13,27H,5,7,9-12H2,1H3,(H,24,28)/b23-18-. The van der Waals surface area contributed by atoms with Gasteiger partial charge < -0.3 is 10.0 Å². The zero-order valence-corrected chi connectivity index (χ0v) is 18.6. The molecule has 2 N–H and O–H groups in total. The Balaban J connectivity index is 1.53. The summed E-state index contributed by atoms with van der Waals surface area (Å²) in [5.74, 6) is -0.469. The summed E-state index contributed by atoms with van der Waals surface area (Å²) in [6, 6.07) is 9.06. The van der Waals surface area contributed by atoms with Gasteiger partial charge in [0.2, 0.25) is 10.0 Å². The first-order valence-corrected chi connectivity index (χ1v) is 11.8. The van der Waals surface area contributed by atoms with Crippen molar-refractivity contribution >= 4 is 33.2 Å². The minimum Gasteiger partial charge on any atom is -0.507 e. The number of hydrogen-bond donors (Lipinski definition) is 2. The predicted molar refractivity (Wildman–Crippen MR) is 118 cm³/mol. The number of carbonyl (C=O) groups excluding carboxylic acids is 1. The molecule has 0 atom stereocenters. The fourth-order valence-electron chi connectivity index (χ4n) is 3.81. The van der Waals surface area contributed by atoms with Crippen LogP contribution < -0.4 is 5.43 Å². The molecule has 31 heavy (non-hydrogen) atoms. The molecule has 0 bridgehead atoms. The summed E-state index contributed by atoms with van der Waals surface area (Å²) in [7, 11) is -1.73. The number of amides is 1. The van der Waals surface area contributed by atoms with E-state index in [1.54, 1.807) is 12.1 Å². The number of rotatable bonds is 4. The summed E-state index contributed by atoms with van der Waals surface area (Å²) in [6.45, 7) is 2.15. The molecular formula is C21H23ClN4O4S. The lowest BCUT2D eigenvalue weighted by Gasteiger charge is -2.31. The van der Waals surface area contributed by atoms with E-state index in [1.807, 2.05) is 7.05 Å². The van der Waals surface area contributed by atoms with E-state index < -0.39 is 15.9 Å². The maximum absolute atomic E-state index is 13.0. The maximum atomic E-state index is 13.0. The number of sulfonamides is 1. The smallest absolute Gasteiger partial charge is 0.271 e. The highest BCUT2D eigenvalue weighted by atomic mass is 35.5. The number of phenols is 1. The molecule has 0 saturated carbocycles. The normalized spacial score (nSPS) is 18.8. The van der Waals surface area contributed by atoms with E-state index >= 15 is 0 Å². The van der Waals surface area contributed by atoms with Crippen molar-refractivity contribution in [3.8, 4) is 5.75 Å². The lowest BCUT2D eigenvalue weighted by Crippen LogP contribution is -2.47. The van der Waals surface area contributed by atoms with Crippen molar-refractivity contribution in [1.29, 1.82) is 0 Å². The molecule has 2 aromatic carbocycles. The van der Waals surface area contributed by atoms with Crippen molar-refractivity contribution in [1.82, 2.24) is 14.6 Å².